The summed E-state index contributed by atoms with van der Waals surface area (Å²) in [5, 5.41) is 10.7. The molecule has 8 heteroatoms. The van der Waals surface area contributed by atoms with Crippen molar-refractivity contribution in [3.63, 3.8) is 0 Å². The van der Waals surface area contributed by atoms with Crippen LogP contribution in [0, 0.1) is 6.92 Å². The van der Waals surface area contributed by atoms with Gasteiger partial charge in [-0.3, -0.25) is 15.0 Å². The van der Waals surface area contributed by atoms with E-state index in [4.69, 9.17) is 21.1 Å². The summed E-state index contributed by atoms with van der Waals surface area (Å²) < 4.78 is 5.70. The second kappa shape index (κ2) is 7.53. The lowest BCUT2D eigenvalue weighted by Gasteiger charge is -2.15. The molecule has 0 saturated carbocycles. The van der Waals surface area contributed by atoms with Crippen molar-refractivity contribution in [1.82, 2.24) is 5.43 Å². The molecule has 0 unspecified atom stereocenters. The first kappa shape index (κ1) is 19.5. The molecule has 150 valence electrons. The fourth-order valence-corrected chi connectivity index (χ4v) is 3.17. The summed E-state index contributed by atoms with van der Waals surface area (Å²) in [6, 6.07) is 14.5. The molecule has 0 atom stereocenters. The maximum atomic E-state index is 12.7. The first-order valence-corrected chi connectivity index (χ1v) is 9.28. The van der Waals surface area contributed by atoms with Gasteiger partial charge in [0.2, 0.25) is 0 Å². The third kappa shape index (κ3) is 3.58. The van der Waals surface area contributed by atoms with Crippen LogP contribution in [0.25, 0.3) is 17.4 Å². The molecule has 0 spiro atoms. The fraction of sp³-hybridized carbons (Fsp3) is 0.0455. The van der Waals surface area contributed by atoms with Crippen LogP contribution in [0.5, 0.6) is 0 Å². The number of nitrogens with one attached hydrogen (secondary N) is 1. The Kier molecular flexibility index (Phi) is 4.89. The zero-order chi connectivity index (χ0) is 21.4. The van der Waals surface area contributed by atoms with Crippen molar-refractivity contribution < 1.29 is 23.9 Å². The number of anilines is 1. The van der Waals surface area contributed by atoms with E-state index in [2.05, 4.69) is 5.43 Å². The number of hydrogen-bond acceptors (Lipinski definition) is 4. The molecule has 4 rings (SSSR count). The van der Waals surface area contributed by atoms with Crippen LogP contribution in [-0.2, 0) is 9.59 Å². The number of carboxylic acids is 1. The Bertz CT molecular complexity index is 1230. The summed E-state index contributed by atoms with van der Waals surface area (Å²) in [7, 11) is 0. The van der Waals surface area contributed by atoms with Crippen molar-refractivity contribution in [2.24, 2.45) is 0 Å². The van der Waals surface area contributed by atoms with Gasteiger partial charge >= 0.3 is 5.97 Å². The number of halogens is 1. The van der Waals surface area contributed by atoms with E-state index in [0.29, 0.717) is 22.0 Å². The lowest BCUT2D eigenvalue weighted by atomic mass is 10.1. The van der Waals surface area contributed by atoms with Gasteiger partial charge < -0.3 is 9.52 Å². The van der Waals surface area contributed by atoms with Crippen LogP contribution in [0.3, 0.4) is 0 Å². The molecule has 1 aromatic heterocycles. The molecular formula is C22H15ClN2O5. The SMILES string of the molecule is Cc1ccc(N2NC(=O)C(=Cc3ccc(-c4cccc(C(=O)O)c4)o3)C2=O)cc1Cl. The molecule has 30 heavy (non-hydrogen) atoms. The summed E-state index contributed by atoms with van der Waals surface area (Å²) >= 11 is 6.12. The van der Waals surface area contributed by atoms with E-state index < -0.39 is 17.8 Å². The van der Waals surface area contributed by atoms with Gasteiger partial charge in [0.05, 0.1) is 11.3 Å². The van der Waals surface area contributed by atoms with E-state index in [-0.39, 0.29) is 16.9 Å². The van der Waals surface area contributed by atoms with Crippen molar-refractivity contribution in [3.8, 4) is 11.3 Å². The van der Waals surface area contributed by atoms with Gasteiger partial charge in [-0.05, 0) is 55.0 Å². The third-order valence-electron chi connectivity index (χ3n) is 4.61. The lowest BCUT2D eigenvalue weighted by Crippen LogP contribution is -2.35. The minimum atomic E-state index is -1.05. The van der Waals surface area contributed by atoms with Crippen LogP contribution in [0.15, 0.2) is 64.6 Å². The number of aryl methyl sites for hydroxylation is 1. The average molecular weight is 423 g/mol. The van der Waals surface area contributed by atoms with Crippen LogP contribution in [0.4, 0.5) is 5.69 Å². The highest BCUT2D eigenvalue weighted by Gasteiger charge is 2.35. The summed E-state index contributed by atoms with van der Waals surface area (Å²) in [5.41, 5.74) is 4.40. The minimum absolute atomic E-state index is 0.0908. The van der Waals surface area contributed by atoms with E-state index in [1.165, 1.54) is 18.2 Å². The number of carbonyl (C=O) groups is 3. The number of benzene rings is 2. The smallest absolute Gasteiger partial charge is 0.335 e. The molecule has 2 N–H and O–H groups in total. The average Bonchev–Trinajstić information content (AvgIpc) is 3.30. The Morgan fingerprint density at radius 1 is 1.13 bits per heavy atom. The van der Waals surface area contributed by atoms with Gasteiger partial charge in [0.1, 0.15) is 17.1 Å². The van der Waals surface area contributed by atoms with E-state index in [0.717, 1.165) is 10.6 Å². The molecule has 1 fully saturated rings. The number of nitrogens with zero attached hydrogens (tertiary/aromatic N) is 1. The molecule has 2 heterocycles. The van der Waals surface area contributed by atoms with Crippen LogP contribution >= 0.6 is 11.6 Å². The highest BCUT2D eigenvalue weighted by Crippen LogP contribution is 2.28. The van der Waals surface area contributed by atoms with Crippen LogP contribution in [-0.4, -0.2) is 22.9 Å². The molecule has 1 aliphatic rings. The molecule has 1 aliphatic heterocycles. The molecule has 0 aliphatic carbocycles. The number of aromatic carboxylic acids is 1. The van der Waals surface area contributed by atoms with Gasteiger partial charge in [-0.15, -0.1) is 0 Å². The first-order valence-electron chi connectivity index (χ1n) is 8.90. The van der Waals surface area contributed by atoms with Crippen LogP contribution < -0.4 is 10.4 Å². The number of furan rings is 1. The van der Waals surface area contributed by atoms with E-state index >= 15 is 0 Å². The summed E-state index contributed by atoms with van der Waals surface area (Å²) in [5.74, 6) is -1.45. The first-order chi connectivity index (χ1) is 14.3. The second-order valence-electron chi connectivity index (χ2n) is 6.66. The van der Waals surface area contributed by atoms with Gasteiger partial charge in [-0.25, -0.2) is 9.80 Å². The summed E-state index contributed by atoms with van der Waals surface area (Å²) in [6.07, 6.45) is 1.35. The van der Waals surface area contributed by atoms with Crippen molar-refractivity contribution >= 4 is 41.1 Å². The van der Waals surface area contributed by atoms with Crippen molar-refractivity contribution in [2.45, 2.75) is 6.92 Å². The molecule has 1 saturated heterocycles. The zero-order valence-corrected chi connectivity index (χ0v) is 16.4. The number of carbonyl (C=O) groups excluding carboxylic acids is 2. The standard InChI is InChI=1S/C22H15ClN2O5/c1-12-5-6-15(10-18(12)23)25-21(27)17(20(26)24-25)11-16-7-8-19(30-16)13-3-2-4-14(9-13)22(28)29/h2-11H,1H3,(H,24,26)(H,28,29). The van der Waals surface area contributed by atoms with Gasteiger partial charge in [-0.1, -0.05) is 29.8 Å². The van der Waals surface area contributed by atoms with Gasteiger partial charge in [0.15, 0.2) is 0 Å². The van der Waals surface area contributed by atoms with Crippen molar-refractivity contribution in [1.29, 1.82) is 0 Å². The molecule has 3 aromatic rings. The number of amides is 2. The van der Waals surface area contributed by atoms with Crippen molar-refractivity contribution in [3.05, 3.63) is 82.1 Å². The Morgan fingerprint density at radius 2 is 1.93 bits per heavy atom. The zero-order valence-electron chi connectivity index (χ0n) is 15.7. The topological polar surface area (TPSA) is 99.8 Å². The Hall–Kier alpha value is -3.84. The van der Waals surface area contributed by atoms with E-state index in [1.54, 1.807) is 42.5 Å². The molecular weight excluding hydrogens is 408 g/mol. The number of hydrazine groups is 1. The highest BCUT2D eigenvalue weighted by molar-refractivity contribution is 6.33. The predicted octanol–water partition coefficient (Wildman–Crippen LogP) is 4.07. The Labute approximate surface area is 176 Å². The molecule has 7 nitrogen and oxygen atoms in total. The third-order valence-corrected chi connectivity index (χ3v) is 5.02. The number of rotatable bonds is 4. The number of carboxylic acid groups (broad SMARTS) is 1. The van der Waals surface area contributed by atoms with Crippen LogP contribution in [0.1, 0.15) is 21.7 Å². The Balaban J connectivity index is 1.62. The molecule has 2 amide bonds. The van der Waals surface area contributed by atoms with Gasteiger partial charge in [0.25, 0.3) is 11.8 Å². The normalized spacial score (nSPS) is 15.0. The highest BCUT2D eigenvalue weighted by atomic mass is 35.5. The van der Waals surface area contributed by atoms with Gasteiger partial charge in [-0.2, -0.15) is 0 Å². The summed E-state index contributed by atoms with van der Waals surface area (Å²) in [4.78, 5) is 36.2. The van der Waals surface area contributed by atoms with Gasteiger partial charge in [0, 0.05) is 10.6 Å². The molecule has 2 aromatic carbocycles. The maximum Gasteiger partial charge on any atom is 0.335 e. The second-order valence-corrected chi connectivity index (χ2v) is 7.07. The summed E-state index contributed by atoms with van der Waals surface area (Å²) in [6.45, 7) is 1.84. The monoisotopic (exact) mass is 422 g/mol. The van der Waals surface area contributed by atoms with Crippen LogP contribution in [0.2, 0.25) is 5.02 Å². The molecule has 0 bridgehead atoms. The quantitative estimate of drug-likeness (QED) is 0.487. The minimum Gasteiger partial charge on any atom is -0.478 e. The number of hydrogen-bond donors (Lipinski definition) is 2. The van der Waals surface area contributed by atoms with E-state index in [1.807, 2.05) is 6.92 Å². The fourth-order valence-electron chi connectivity index (χ4n) is 2.99. The molecule has 0 radical (unpaired) electrons. The van der Waals surface area contributed by atoms with Crippen molar-refractivity contribution in [2.75, 3.05) is 5.01 Å². The lowest BCUT2D eigenvalue weighted by molar-refractivity contribution is -0.117. The Morgan fingerprint density at radius 3 is 2.67 bits per heavy atom. The van der Waals surface area contributed by atoms with E-state index in [9.17, 15) is 14.4 Å². The maximum absolute atomic E-state index is 12.7. The predicted molar refractivity (Wildman–Crippen MR) is 111 cm³/mol. The largest absolute Gasteiger partial charge is 0.478 e.